The molecule has 122 valence electrons. The zero-order chi connectivity index (χ0) is 17.4. The molecule has 0 saturated carbocycles. The van der Waals surface area contributed by atoms with Crippen LogP contribution in [0.4, 0.5) is 0 Å². The summed E-state index contributed by atoms with van der Waals surface area (Å²) in [6.07, 6.45) is 1.91. The van der Waals surface area contributed by atoms with Crippen molar-refractivity contribution >= 4 is 70.9 Å². The predicted octanol–water partition coefficient (Wildman–Crippen LogP) is 7.40. The first-order valence-corrected chi connectivity index (χ1v) is 9.48. The van der Waals surface area contributed by atoms with E-state index in [1.807, 2.05) is 6.08 Å². The van der Waals surface area contributed by atoms with Crippen LogP contribution < -0.4 is 0 Å². The van der Waals surface area contributed by atoms with Gasteiger partial charge in [-0.1, -0.05) is 65.0 Å². The van der Waals surface area contributed by atoms with Crippen molar-refractivity contribution < 1.29 is 0 Å². The molecule has 0 N–H and O–H groups in total. The van der Waals surface area contributed by atoms with Gasteiger partial charge in [0.05, 0.1) is 16.6 Å². The number of rotatable bonds is 1. The highest BCUT2D eigenvalue weighted by Gasteiger charge is 2.17. The van der Waals surface area contributed by atoms with Gasteiger partial charge in [0.1, 0.15) is 0 Å². The minimum absolute atomic E-state index is 1.11. The van der Waals surface area contributed by atoms with Gasteiger partial charge in [0.2, 0.25) is 0 Å². The summed E-state index contributed by atoms with van der Waals surface area (Å²) in [5, 5.41) is 7.75. The van der Waals surface area contributed by atoms with Crippen LogP contribution in [0.25, 0.3) is 54.9 Å². The molecule has 0 aliphatic heterocycles. The van der Waals surface area contributed by atoms with Gasteiger partial charge in [0, 0.05) is 26.0 Å². The molecule has 6 aromatic rings. The number of benzene rings is 4. The van der Waals surface area contributed by atoms with Gasteiger partial charge in [-0.3, -0.25) is 0 Å². The molecule has 2 aromatic heterocycles. The lowest BCUT2D eigenvalue weighted by Gasteiger charge is -2.13. The van der Waals surface area contributed by atoms with Crippen LogP contribution in [0.2, 0.25) is 0 Å². The molecule has 1 nitrogen and oxygen atoms in total. The minimum Gasteiger partial charge on any atom is -0.308 e. The lowest BCUT2D eigenvalue weighted by atomic mass is 9.99. The molecule has 26 heavy (non-hydrogen) atoms. The number of hydrogen-bond donors (Lipinski definition) is 0. The third kappa shape index (κ3) is 1.65. The molecule has 0 aliphatic carbocycles. The first-order chi connectivity index (χ1) is 12.8. The Balaban J connectivity index is 2.08. The molecule has 0 radical (unpaired) electrons. The highest BCUT2D eigenvalue weighted by Crippen LogP contribution is 2.41. The first kappa shape index (κ1) is 14.3. The summed E-state index contributed by atoms with van der Waals surface area (Å²) >= 11 is 3.74. The Morgan fingerprint density at radius 3 is 2.35 bits per heavy atom. The molecule has 0 fully saturated rings. The summed E-state index contributed by atoms with van der Waals surface area (Å²) in [6, 6.07) is 24.3. The van der Waals surface area contributed by atoms with Gasteiger partial charge in [-0.15, -0.1) is 0 Å². The Morgan fingerprint density at radius 1 is 0.769 bits per heavy atom. The summed E-state index contributed by atoms with van der Waals surface area (Å²) < 4.78 is 3.54. The molecule has 0 amide bonds. The largest absolute Gasteiger partial charge is 0.308 e. The van der Waals surface area contributed by atoms with E-state index in [9.17, 15) is 0 Å². The van der Waals surface area contributed by atoms with Gasteiger partial charge in [-0.05, 0) is 46.7 Å². The van der Waals surface area contributed by atoms with E-state index in [1.54, 1.807) is 0 Å². The molecule has 0 aliphatic rings. The predicted molar refractivity (Wildman–Crippen MR) is 116 cm³/mol. The Kier molecular flexibility index (Phi) is 2.68. The molecule has 2 heteroatoms. The van der Waals surface area contributed by atoms with Gasteiger partial charge >= 0.3 is 0 Å². The Hall–Kier alpha value is -2.84. The lowest BCUT2D eigenvalue weighted by molar-refractivity contribution is 1.35. The second kappa shape index (κ2) is 4.87. The van der Waals surface area contributed by atoms with E-state index in [0.717, 1.165) is 10.0 Å². The van der Waals surface area contributed by atoms with Crippen molar-refractivity contribution in [2.45, 2.75) is 0 Å². The van der Waals surface area contributed by atoms with Crippen molar-refractivity contribution in [3.63, 3.8) is 0 Å². The highest BCUT2D eigenvalue weighted by molar-refractivity contribution is 9.10. The van der Waals surface area contributed by atoms with Gasteiger partial charge < -0.3 is 4.40 Å². The van der Waals surface area contributed by atoms with E-state index >= 15 is 0 Å². The van der Waals surface area contributed by atoms with Crippen molar-refractivity contribution in [2.24, 2.45) is 0 Å². The number of pyridine rings is 1. The molecule has 0 spiro atoms. The lowest BCUT2D eigenvalue weighted by Crippen LogP contribution is -1.92. The second-order valence-corrected chi connectivity index (χ2v) is 7.76. The minimum atomic E-state index is 1.11. The molecule has 6 rings (SSSR count). The van der Waals surface area contributed by atoms with Gasteiger partial charge in [0.25, 0.3) is 0 Å². The molecule has 0 saturated heterocycles. The summed E-state index contributed by atoms with van der Waals surface area (Å²) in [5.41, 5.74) is 4.94. The quantitative estimate of drug-likeness (QED) is 0.202. The van der Waals surface area contributed by atoms with Crippen molar-refractivity contribution in [2.75, 3.05) is 0 Å². The zero-order valence-corrected chi connectivity index (χ0v) is 15.5. The van der Waals surface area contributed by atoms with Crippen molar-refractivity contribution in [3.8, 4) is 0 Å². The SMILES string of the molecule is C=Cc1ccc2c(c1)c1cc(Br)cc3c4cccc5cccc(c54)n2c31. The number of nitrogens with zero attached hydrogens (tertiary/aromatic N) is 1. The summed E-state index contributed by atoms with van der Waals surface area (Å²) in [4.78, 5) is 0. The third-order valence-electron chi connectivity index (χ3n) is 5.50. The fourth-order valence-corrected chi connectivity index (χ4v) is 4.90. The second-order valence-electron chi connectivity index (χ2n) is 6.85. The highest BCUT2D eigenvalue weighted by atomic mass is 79.9. The van der Waals surface area contributed by atoms with E-state index in [1.165, 1.54) is 48.9 Å². The molecular weight excluding hydrogens is 382 g/mol. The fourth-order valence-electron chi connectivity index (χ4n) is 4.44. The average molecular weight is 396 g/mol. The van der Waals surface area contributed by atoms with E-state index in [4.69, 9.17) is 0 Å². The van der Waals surface area contributed by atoms with E-state index in [-0.39, 0.29) is 0 Å². The molecule has 0 atom stereocenters. The van der Waals surface area contributed by atoms with Crippen LogP contribution in [0.3, 0.4) is 0 Å². The molecule has 0 bridgehead atoms. The fraction of sp³-hybridized carbons (Fsp3) is 0. The standard InChI is InChI=1S/C24H14BrN/c1-2-14-9-10-21-18(11-14)20-13-16(25)12-19-17-7-3-5-15-6-4-8-22(23(15)17)26(21)24(19)20/h2-13H,1H2. The molecule has 4 aromatic carbocycles. The van der Waals surface area contributed by atoms with E-state index < -0.39 is 0 Å². The Labute approximate surface area is 158 Å². The Bertz CT molecular complexity index is 1500. The normalized spacial score (nSPS) is 12.2. The van der Waals surface area contributed by atoms with Crippen LogP contribution in [0.5, 0.6) is 0 Å². The molecular formula is C24H14BrN. The van der Waals surface area contributed by atoms with Crippen molar-refractivity contribution in [3.05, 3.63) is 83.3 Å². The first-order valence-electron chi connectivity index (χ1n) is 8.69. The van der Waals surface area contributed by atoms with E-state index in [2.05, 4.69) is 93.6 Å². The summed E-state index contributed by atoms with van der Waals surface area (Å²) in [6.45, 7) is 3.94. The van der Waals surface area contributed by atoms with Crippen molar-refractivity contribution in [1.29, 1.82) is 0 Å². The summed E-state index contributed by atoms with van der Waals surface area (Å²) in [5.74, 6) is 0. The van der Waals surface area contributed by atoms with Crippen LogP contribution in [-0.2, 0) is 0 Å². The van der Waals surface area contributed by atoms with Gasteiger partial charge in [0.15, 0.2) is 0 Å². The van der Waals surface area contributed by atoms with Crippen molar-refractivity contribution in [1.82, 2.24) is 4.40 Å². The number of aromatic nitrogens is 1. The van der Waals surface area contributed by atoms with E-state index in [0.29, 0.717) is 0 Å². The summed E-state index contributed by atoms with van der Waals surface area (Å²) in [7, 11) is 0. The number of halogens is 1. The number of hydrogen-bond acceptors (Lipinski definition) is 0. The van der Waals surface area contributed by atoms with Gasteiger partial charge in [-0.25, -0.2) is 0 Å². The monoisotopic (exact) mass is 395 g/mol. The molecule has 0 unspecified atom stereocenters. The Morgan fingerprint density at radius 2 is 1.54 bits per heavy atom. The maximum Gasteiger partial charge on any atom is 0.0620 e. The van der Waals surface area contributed by atoms with Crippen LogP contribution in [0.1, 0.15) is 5.56 Å². The average Bonchev–Trinajstić information content (AvgIpc) is 2.99. The van der Waals surface area contributed by atoms with Crippen LogP contribution >= 0.6 is 15.9 Å². The number of fused-ring (bicyclic) bond motifs is 5. The molecule has 2 heterocycles. The zero-order valence-electron chi connectivity index (χ0n) is 14.0. The smallest absolute Gasteiger partial charge is 0.0620 e. The van der Waals surface area contributed by atoms with Crippen LogP contribution in [0.15, 0.2) is 77.8 Å². The topological polar surface area (TPSA) is 4.41 Å². The van der Waals surface area contributed by atoms with Crippen LogP contribution in [-0.4, -0.2) is 4.40 Å². The maximum atomic E-state index is 3.94. The third-order valence-corrected chi connectivity index (χ3v) is 5.96. The van der Waals surface area contributed by atoms with Crippen LogP contribution in [0, 0.1) is 0 Å². The van der Waals surface area contributed by atoms with Gasteiger partial charge in [-0.2, -0.15) is 0 Å². The maximum absolute atomic E-state index is 3.94.